The van der Waals surface area contributed by atoms with Gasteiger partial charge < -0.3 is 15.2 Å². The van der Waals surface area contributed by atoms with Gasteiger partial charge in [0.2, 0.25) is 0 Å². The van der Waals surface area contributed by atoms with E-state index in [1.165, 1.54) is 6.42 Å². The van der Waals surface area contributed by atoms with Crippen LogP contribution < -0.4 is 5.73 Å². The first kappa shape index (κ1) is 21.4. The Hall–Kier alpha value is -0.650. The Balaban J connectivity index is 2.42. The van der Waals surface area contributed by atoms with Crippen LogP contribution in [0.4, 0.5) is 0 Å². The molecule has 142 valence electrons. The molecular weight excluding hydrogens is 304 g/mol. The SMILES string of the molecule is CC(C)CCN1CCOC(CC(C)(N)C(=O)OCCC(C)(C)C)C1. The molecule has 2 N–H and O–H groups in total. The molecule has 0 spiro atoms. The van der Waals surface area contributed by atoms with Crippen LogP contribution in [-0.2, 0) is 14.3 Å². The standard InChI is InChI=1S/C19H38N2O3/c1-15(2)7-9-21-10-12-23-16(14-21)13-19(6,20)17(22)24-11-8-18(3,4)5/h15-16H,7-14,20H2,1-6H3. The van der Waals surface area contributed by atoms with E-state index >= 15 is 0 Å². The quantitative estimate of drug-likeness (QED) is 0.687. The predicted octanol–water partition coefficient (Wildman–Crippen LogP) is 2.82. The van der Waals surface area contributed by atoms with E-state index in [1.807, 2.05) is 0 Å². The van der Waals surface area contributed by atoms with Crippen molar-refractivity contribution in [3.8, 4) is 0 Å². The molecule has 0 bridgehead atoms. The van der Waals surface area contributed by atoms with Crippen LogP contribution in [0.5, 0.6) is 0 Å². The molecule has 2 atom stereocenters. The highest BCUT2D eigenvalue weighted by molar-refractivity contribution is 5.80. The van der Waals surface area contributed by atoms with Crippen molar-refractivity contribution in [1.82, 2.24) is 4.90 Å². The first-order valence-corrected chi connectivity index (χ1v) is 9.30. The van der Waals surface area contributed by atoms with Crippen molar-refractivity contribution >= 4 is 5.97 Å². The number of nitrogens with two attached hydrogens (primary N) is 1. The van der Waals surface area contributed by atoms with E-state index in [-0.39, 0.29) is 17.5 Å². The molecule has 1 aliphatic heterocycles. The summed E-state index contributed by atoms with van der Waals surface area (Å²) < 4.78 is 11.2. The minimum absolute atomic E-state index is 0.00363. The summed E-state index contributed by atoms with van der Waals surface area (Å²) in [5, 5.41) is 0. The van der Waals surface area contributed by atoms with Crippen molar-refractivity contribution in [3.05, 3.63) is 0 Å². The smallest absolute Gasteiger partial charge is 0.325 e. The lowest BCUT2D eigenvalue weighted by atomic mass is 9.92. The zero-order valence-corrected chi connectivity index (χ0v) is 16.6. The van der Waals surface area contributed by atoms with Crippen LogP contribution in [0.1, 0.15) is 60.8 Å². The van der Waals surface area contributed by atoms with E-state index in [2.05, 4.69) is 39.5 Å². The molecule has 1 aliphatic rings. The van der Waals surface area contributed by atoms with Gasteiger partial charge in [0, 0.05) is 19.5 Å². The van der Waals surface area contributed by atoms with Gasteiger partial charge in [-0.3, -0.25) is 9.69 Å². The molecule has 0 amide bonds. The molecule has 24 heavy (non-hydrogen) atoms. The van der Waals surface area contributed by atoms with Gasteiger partial charge in [0.15, 0.2) is 0 Å². The third-order valence-corrected chi connectivity index (χ3v) is 4.45. The van der Waals surface area contributed by atoms with Crippen molar-refractivity contribution < 1.29 is 14.3 Å². The monoisotopic (exact) mass is 342 g/mol. The molecular formula is C19H38N2O3. The van der Waals surface area contributed by atoms with Crippen LogP contribution in [0.3, 0.4) is 0 Å². The van der Waals surface area contributed by atoms with Crippen LogP contribution in [0, 0.1) is 11.3 Å². The second-order valence-corrected chi connectivity index (χ2v) is 9.04. The Morgan fingerprint density at radius 3 is 2.58 bits per heavy atom. The minimum atomic E-state index is -0.996. The minimum Gasteiger partial charge on any atom is -0.464 e. The number of carbonyl (C=O) groups is 1. The second-order valence-electron chi connectivity index (χ2n) is 9.04. The number of carbonyl (C=O) groups excluding carboxylic acids is 1. The first-order chi connectivity index (χ1) is 11.0. The average Bonchev–Trinajstić information content (AvgIpc) is 2.43. The predicted molar refractivity (Wildman–Crippen MR) is 97.9 cm³/mol. The fraction of sp³-hybridized carbons (Fsp3) is 0.947. The summed E-state index contributed by atoms with van der Waals surface area (Å²) in [5.74, 6) is 0.374. The molecule has 2 unspecified atom stereocenters. The van der Waals surface area contributed by atoms with Gasteiger partial charge >= 0.3 is 5.97 Å². The highest BCUT2D eigenvalue weighted by Crippen LogP contribution is 2.21. The van der Waals surface area contributed by atoms with Crippen molar-refractivity contribution in [2.45, 2.75) is 72.4 Å². The fourth-order valence-electron chi connectivity index (χ4n) is 2.72. The van der Waals surface area contributed by atoms with Crippen molar-refractivity contribution in [2.24, 2.45) is 17.1 Å². The van der Waals surface area contributed by atoms with E-state index in [9.17, 15) is 4.79 Å². The lowest BCUT2D eigenvalue weighted by Crippen LogP contribution is -2.53. The molecule has 0 aliphatic carbocycles. The molecule has 1 saturated heterocycles. The van der Waals surface area contributed by atoms with Gasteiger partial charge in [-0.05, 0) is 37.6 Å². The summed E-state index contributed by atoms with van der Waals surface area (Å²) in [7, 11) is 0. The highest BCUT2D eigenvalue weighted by Gasteiger charge is 2.35. The van der Waals surface area contributed by atoms with E-state index in [1.54, 1.807) is 6.92 Å². The van der Waals surface area contributed by atoms with Crippen LogP contribution >= 0.6 is 0 Å². The molecule has 5 heteroatoms. The van der Waals surface area contributed by atoms with Gasteiger partial charge in [0.25, 0.3) is 0 Å². The molecule has 5 nitrogen and oxygen atoms in total. The zero-order valence-electron chi connectivity index (χ0n) is 16.6. The Kier molecular flexibility index (Phi) is 8.16. The normalized spacial score (nSPS) is 22.4. The molecule has 0 aromatic carbocycles. The van der Waals surface area contributed by atoms with E-state index < -0.39 is 5.54 Å². The Morgan fingerprint density at radius 1 is 1.33 bits per heavy atom. The van der Waals surface area contributed by atoms with Crippen LogP contribution in [0.2, 0.25) is 0 Å². The van der Waals surface area contributed by atoms with Crippen molar-refractivity contribution in [3.63, 3.8) is 0 Å². The molecule has 0 aromatic rings. The third kappa shape index (κ3) is 8.45. The number of rotatable bonds is 8. The summed E-state index contributed by atoms with van der Waals surface area (Å²) in [4.78, 5) is 14.7. The Bertz CT molecular complexity index is 389. The van der Waals surface area contributed by atoms with E-state index in [4.69, 9.17) is 15.2 Å². The number of hydrogen-bond donors (Lipinski definition) is 1. The van der Waals surface area contributed by atoms with Gasteiger partial charge in [0.05, 0.1) is 19.3 Å². The number of ether oxygens (including phenoxy) is 2. The summed E-state index contributed by atoms with van der Waals surface area (Å²) in [5.41, 5.74) is 5.39. The number of nitrogens with zero attached hydrogens (tertiary/aromatic N) is 1. The number of morpholine rings is 1. The van der Waals surface area contributed by atoms with E-state index in [0.717, 1.165) is 26.1 Å². The molecule has 1 heterocycles. The first-order valence-electron chi connectivity index (χ1n) is 9.30. The maximum absolute atomic E-state index is 12.3. The fourth-order valence-corrected chi connectivity index (χ4v) is 2.72. The molecule has 0 saturated carbocycles. The topological polar surface area (TPSA) is 64.8 Å². The zero-order chi connectivity index (χ0) is 18.4. The molecule has 0 aromatic heterocycles. The van der Waals surface area contributed by atoms with Gasteiger partial charge in [-0.25, -0.2) is 0 Å². The second kappa shape index (κ2) is 9.16. The maximum atomic E-state index is 12.3. The summed E-state index contributed by atoms with van der Waals surface area (Å²) in [6, 6.07) is 0. The Labute approximate surface area is 148 Å². The van der Waals surface area contributed by atoms with Crippen LogP contribution in [0.25, 0.3) is 0 Å². The summed E-state index contributed by atoms with van der Waals surface area (Å²) >= 11 is 0. The van der Waals surface area contributed by atoms with Crippen molar-refractivity contribution in [2.75, 3.05) is 32.8 Å². The van der Waals surface area contributed by atoms with E-state index in [0.29, 0.717) is 25.6 Å². The van der Waals surface area contributed by atoms with Crippen LogP contribution in [-0.4, -0.2) is 55.4 Å². The summed E-state index contributed by atoms with van der Waals surface area (Å²) in [6.45, 7) is 16.6. The number of hydrogen-bond acceptors (Lipinski definition) is 5. The van der Waals surface area contributed by atoms with Crippen molar-refractivity contribution in [1.29, 1.82) is 0 Å². The lowest BCUT2D eigenvalue weighted by molar-refractivity contribution is -0.152. The van der Waals surface area contributed by atoms with Gasteiger partial charge in [0.1, 0.15) is 5.54 Å². The molecule has 0 radical (unpaired) electrons. The lowest BCUT2D eigenvalue weighted by Gasteiger charge is -2.36. The average molecular weight is 343 g/mol. The third-order valence-electron chi connectivity index (χ3n) is 4.45. The summed E-state index contributed by atoms with van der Waals surface area (Å²) in [6.07, 6.45) is 2.51. The Morgan fingerprint density at radius 2 is 2.00 bits per heavy atom. The number of esters is 1. The largest absolute Gasteiger partial charge is 0.464 e. The highest BCUT2D eigenvalue weighted by atomic mass is 16.5. The molecule has 1 fully saturated rings. The van der Waals surface area contributed by atoms with Gasteiger partial charge in [-0.2, -0.15) is 0 Å². The van der Waals surface area contributed by atoms with Crippen LogP contribution in [0.15, 0.2) is 0 Å². The van der Waals surface area contributed by atoms with Gasteiger partial charge in [-0.1, -0.05) is 34.6 Å². The maximum Gasteiger partial charge on any atom is 0.325 e. The molecule has 1 rings (SSSR count). The van der Waals surface area contributed by atoms with Gasteiger partial charge in [-0.15, -0.1) is 0 Å².